The van der Waals surface area contributed by atoms with Crippen LogP contribution in [-0.2, 0) is 19.1 Å². The molecule has 0 saturated heterocycles. The van der Waals surface area contributed by atoms with Crippen molar-refractivity contribution in [2.45, 2.75) is 189 Å². The molecule has 44 heavy (non-hydrogen) atoms. The van der Waals surface area contributed by atoms with E-state index in [2.05, 4.69) is 39.9 Å². The van der Waals surface area contributed by atoms with Gasteiger partial charge in [0.25, 0.3) is 0 Å². The molecule has 1 saturated carbocycles. The number of carbonyl (C=O) groups is 2. The second kappa shape index (κ2) is 27.1. The minimum Gasteiger partial charge on any atom is -0.466 e. The molecule has 0 radical (unpaired) electrons. The van der Waals surface area contributed by atoms with Crippen molar-refractivity contribution in [3.8, 4) is 0 Å². The fourth-order valence-corrected chi connectivity index (χ4v) is 7.48. The molecule has 0 aromatic heterocycles. The van der Waals surface area contributed by atoms with Crippen LogP contribution in [0.25, 0.3) is 0 Å². The van der Waals surface area contributed by atoms with Gasteiger partial charge in [0.05, 0.1) is 19.6 Å². The molecule has 0 bridgehead atoms. The Kier molecular flexibility index (Phi) is 25.2. The van der Waals surface area contributed by atoms with Crippen LogP contribution >= 0.6 is 0 Å². The van der Waals surface area contributed by atoms with Crippen molar-refractivity contribution in [2.75, 3.05) is 26.3 Å². The number of ether oxygens (including phenoxy) is 2. The molecular formula is C39H75NO4. The molecule has 1 aliphatic carbocycles. The molecule has 260 valence electrons. The Morgan fingerprint density at radius 2 is 1.20 bits per heavy atom. The van der Waals surface area contributed by atoms with Gasteiger partial charge < -0.3 is 14.8 Å². The first-order valence-corrected chi connectivity index (χ1v) is 19.3. The molecule has 0 aromatic rings. The standard InChI is InChI=1S/C39H75NO4/c1-6-7-8-9-11-17-22-27-43-37(41)24-19-14-13-16-21-26-40-25-20-15-10-12-18-23-28-44-38(42)33-39(5)31-35(4)30-36(32-39)29-34(2)3/h34-36,40H,6-33H2,1-5H3. The summed E-state index contributed by atoms with van der Waals surface area (Å²) in [4.78, 5) is 24.4. The Morgan fingerprint density at radius 3 is 1.77 bits per heavy atom. The zero-order valence-electron chi connectivity index (χ0n) is 30.2. The van der Waals surface area contributed by atoms with Gasteiger partial charge in [0.15, 0.2) is 0 Å². The van der Waals surface area contributed by atoms with Crippen LogP contribution in [0.1, 0.15) is 189 Å². The van der Waals surface area contributed by atoms with Crippen LogP contribution in [-0.4, -0.2) is 38.2 Å². The summed E-state index contributed by atoms with van der Waals surface area (Å²) in [6.07, 6.45) is 27.8. The maximum Gasteiger partial charge on any atom is 0.306 e. The Hall–Kier alpha value is -1.10. The molecule has 5 heteroatoms. The van der Waals surface area contributed by atoms with Crippen molar-refractivity contribution < 1.29 is 19.1 Å². The molecule has 1 rings (SSSR count). The third-order valence-electron chi connectivity index (χ3n) is 9.49. The average molecular weight is 622 g/mol. The highest BCUT2D eigenvalue weighted by Gasteiger charge is 2.37. The van der Waals surface area contributed by atoms with Crippen molar-refractivity contribution in [3.63, 3.8) is 0 Å². The van der Waals surface area contributed by atoms with Crippen LogP contribution in [0, 0.1) is 23.2 Å². The Morgan fingerprint density at radius 1 is 0.705 bits per heavy atom. The van der Waals surface area contributed by atoms with E-state index < -0.39 is 0 Å². The molecule has 0 spiro atoms. The van der Waals surface area contributed by atoms with Gasteiger partial charge >= 0.3 is 11.9 Å². The van der Waals surface area contributed by atoms with E-state index in [0.717, 1.165) is 63.5 Å². The zero-order chi connectivity index (χ0) is 32.3. The van der Waals surface area contributed by atoms with Gasteiger partial charge in [-0.05, 0) is 94.0 Å². The summed E-state index contributed by atoms with van der Waals surface area (Å²) in [5.41, 5.74) is 0.117. The third kappa shape index (κ3) is 24.2. The summed E-state index contributed by atoms with van der Waals surface area (Å²) in [5, 5.41) is 3.58. The van der Waals surface area contributed by atoms with Gasteiger partial charge in [-0.25, -0.2) is 0 Å². The maximum atomic E-state index is 12.6. The molecule has 1 N–H and O–H groups in total. The van der Waals surface area contributed by atoms with Crippen LogP contribution < -0.4 is 5.32 Å². The lowest BCUT2D eigenvalue weighted by atomic mass is 9.64. The second-order valence-corrected chi connectivity index (χ2v) is 15.2. The van der Waals surface area contributed by atoms with Gasteiger partial charge in [-0.3, -0.25) is 9.59 Å². The summed E-state index contributed by atoms with van der Waals surface area (Å²) in [6, 6.07) is 0. The summed E-state index contributed by atoms with van der Waals surface area (Å²) in [7, 11) is 0. The van der Waals surface area contributed by atoms with E-state index in [1.54, 1.807) is 0 Å². The van der Waals surface area contributed by atoms with E-state index in [1.807, 2.05) is 0 Å². The molecule has 3 atom stereocenters. The fourth-order valence-electron chi connectivity index (χ4n) is 7.48. The van der Waals surface area contributed by atoms with E-state index in [-0.39, 0.29) is 17.4 Å². The van der Waals surface area contributed by atoms with Crippen molar-refractivity contribution in [1.29, 1.82) is 0 Å². The van der Waals surface area contributed by atoms with Crippen LogP contribution in [0.4, 0.5) is 0 Å². The van der Waals surface area contributed by atoms with E-state index in [0.29, 0.717) is 32.0 Å². The summed E-state index contributed by atoms with van der Waals surface area (Å²) >= 11 is 0. The smallest absolute Gasteiger partial charge is 0.306 e. The Balaban J connectivity index is 1.83. The van der Waals surface area contributed by atoms with Gasteiger partial charge in [-0.1, -0.05) is 118 Å². The first kappa shape index (κ1) is 40.9. The molecule has 0 aliphatic heterocycles. The quantitative estimate of drug-likeness (QED) is 0.0665. The predicted octanol–water partition coefficient (Wildman–Crippen LogP) is 11.0. The largest absolute Gasteiger partial charge is 0.466 e. The monoisotopic (exact) mass is 622 g/mol. The van der Waals surface area contributed by atoms with Gasteiger partial charge in [0.1, 0.15) is 0 Å². The van der Waals surface area contributed by atoms with Crippen LogP contribution in [0.5, 0.6) is 0 Å². The van der Waals surface area contributed by atoms with E-state index in [4.69, 9.17) is 9.47 Å². The minimum atomic E-state index is -0.00899. The number of nitrogens with one attached hydrogen (secondary N) is 1. The molecule has 5 nitrogen and oxygen atoms in total. The minimum absolute atomic E-state index is 0.00899. The molecule has 3 unspecified atom stereocenters. The third-order valence-corrected chi connectivity index (χ3v) is 9.49. The number of unbranched alkanes of at least 4 members (excludes halogenated alkanes) is 15. The van der Waals surface area contributed by atoms with Crippen molar-refractivity contribution in [3.05, 3.63) is 0 Å². The molecule has 0 amide bonds. The topological polar surface area (TPSA) is 64.6 Å². The average Bonchev–Trinajstić information content (AvgIpc) is 2.95. The number of carbonyl (C=O) groups excluding carboxylic acids is 2. The Bertz CT molecular complexity index is 694. The van der Waals surface area contributed by atoms with E-state index >= 15 is 0 Å². The summed E-state index contributed by atoms with van der Waals surface area (Å²) in [5.74, 6) is 2.22. The molecule has 0 aromatic carbocycles. The lowest BCUT2D eigenvalue weighted by molar-refractivity contribution is -0.147. The predicted molar refractivity (Wildman–Crippen MR) is 187 cm³/mol. The van der Waals surface area contributed by atoms with Crippen molar-refractivity contribution in [2.24, 2.45) is 23.2 Å². The van der Waals surface area contributed by atoms with Gasteiger partial charge in [0.2, 0.25) is 0 Å². The second-order valence-electron chi connectivity index (χ2n) is 15.2. The number of hydrogen-bond donors (Lipinski definition) is 1. The Labute approximate surface area is 274 Å². The SMILES string of the molecule is CCCCCCCCCOC(=O)CCCCCCCNCCCCCCCCOC(=O)CC1(C)CC(C)CC(CC(C)C)C1. The number of rotatable bonds is 29. The van der Waals surface area contributed by atoms with Crippen LogP contribution in [0.2, 0.25) is 0 Å². The van der Waals surface area contributed by atoms with Gasteiger partial charge in [0, 0.05) is 6.42 Å². The normalized spacial score (nSPS) is 20.2. The molecular weight excluding hydrogens is 546 g/mol. The molecule has 0 heterocycles. The lowest BCUT2D eigenvalue weighted by Crippen LogP contribution is -2.33. The lowest BCUT2D eigenvalue weighted by Gasteiger charge is -2.41. The van der Waals surface area contributed by atoms with Gasteiger partial charge in [-0.2, -0.15) is 0 Å². The van der Waals surface area contributed by atoms with Crippen LogP contribution in [0.3, 0.4) is 0 Å². The first-order chi connectivity index (χ1) is 21.2. The van der Waals surface area contributed by atoms with Crippen molar-refractivity contribution >= 4 is 11.9 Å². The summed E-state index contributed by atoms with van der Waals surface area (Å²) < 4.78 is 11.0. The van der Waals surface area contributed by atoms with Gasteiger partial charge in [-0.15, -0.1) is 0 Å². The van der Waals surface area contributed by atoms with E-state index in [1.165, 1.54) is 103 Å². The fraction of sp³-hybridized carbons (Fsp3) is 0.949. The highest BCUT2D eigenvalue weighted by molar-refractivity contribution is 5.70. The summed E-state index contributed by atoms with van der Waals surface area (Å²) in [6.45, 7) is 14.9. The van der Waals surface area contributed by atoms with Crippen molar-refractivity contribution in [1.82, 2.24) is 5.32 Å². The zero-order valence-corrected chi connectivity index (χ0v) is 30.2. The highest BCUT2D eigenvalue weighted by Crippen LogP contribution is 2.46. The van der Waals surface area contributed by atoms with Crippen LogP contribution in [0.15, 0.2) is 0 Å². The highest BCUT2D eigenvalue weighted by atomic mass is 16.5. The molecule has 1 fully saturated rings. The number of hydrogen-bond acceptors (Lipinski definition) is 5. The number of esters is 2. The molecule has 1 aliphatic rings. The van der Waals surface area contributed by atoms with E-state index in [9.17, 15) is 9.59 Å². The first-order valence-electron chi connectivity index (χ1n) is 19.3. The maximum absolute atomic E-state index is 12.6.